The summed E-state index contributed by atoms with van der Waals surface area (Å²) < 4.78 is 5.49. The highest BCUT2D eigenvalue weighted by atomic mass is 16.5. The molecule has 0 radical (unpaired) electrons. The van der Waals surface area contributed by atoms with Crippen LogP contribution < -0.4 is 5.32 Å². The molecule has 0 aromatic carbocycles. The van der Waals surface area contributed by atoms with Crippen LogP contribution >= 0.6 is 0 Å². The third kappa shape index (κ3) is 4.06. The van der Waals surface area contributed by atoms with Crippen molar-refractivity contribution >= 4 is 11.8 Å². The summed E-state index contributed by atoms with van der Waals surface area (Å²) in [7, 11) is 0. The van der Waals surface area contributed by atoms with Gasteiger partial charge in [0.15, 0.2) is 0 Å². The molecule has 1 heterocycles. The molecule has 2 unspecified atom stereocenters. The third-order valence-corrected chi connectivity index (χ3v) is 4.02. The van der Waals surface area contributed by atoms with Crippen LogP contribution in [0.3, 0.4) is 0 Å². The van der Waals surface area contributed by atoms with Crippen molar-refractivity contribution in [2.75, 3.05) is 19.8 Å². The summed E-state index contributed by atoms with van der Waals surface area (Å²) in [6.07, 6.45) is 3.16. The molecule has 2 atom stereocenters. The van der Waals surface area contributed by atoms with Crippen LogP contribution in [-0.2, 0) is 14.3 Å². The minimum atomic E-state index is -0.802. The highest BCUT2D eigenvalue weighted by molar-refractivity contribution is 5.99. The van der Waals surface area contributed by atoms with Crippen molar-refractivity contribution in [2.24, 2.45) is 5.92 Å². The summed E-state index contributed by atoms with van der Waals surface area (Å²) in [4.78, 5) is 26.7. The molecule has 1 N–H and O–H groups in total. The van der Waals surface area contributed by atoms with Gasteiger partial charge in [0, 0.05) is 6.54 Å². The number of carbonyl (C=O) groups is 2. The van der Waals surface area contributed by atoms with Gasteiger partial charge in [-0.15, -0.1) is 6.58 Å². The molecule has 1 fully saturated rings. The van der Waals surface area contributed by atoms with Crippen molar-refractivity contribution in [3.63, 3.8) is 0 Å². The van der Waals surface area contributed by atoms with E-state index in [1.54, 1.807) is 17.9 Å². The van der Waals surface area contributed by atoms with E-state index in [-0.39, 0.29) is 17.7 Å². The zero-order valence-electron chi connectivity index (χ0n) is 13.6. The zero-order chi connectivity index (χ0) is 16.0. The normalized spacial score (nSPS) is 26.1. The first-order valence-electron chi connectivity index (χ1n) is 7.69. The number of nitrogens with zero attached hydrogens (tertiary/aromatic N) is 1. The van der Waals surface area contributed by atoms with Gasteiger partial charge in [0.1, 0.15) is 11.6 Å². The maximum absolute atomic E-state index is 12.7. The van der Waals surface area contributed by atoms with E-state index in [4.69, 9.17) is 4.74 Å². The Morgan fingerprint density at radius 2 is 2.10 bits per heavy atom. The Hall–Kier alpha value is -1.36. The number of piperazine rings is 1. The molecule has 120 valence electrons. The van der Waals surface area contributed by atoms with Crippen LogP contribution in [0.2, 0.25) is 0 Å². The van der Waals surface area contributed by atoms with Gasteiger partial charge in [-0.25, -0.2) is 0 Å². The first kappa shape index (κ1) is 17.7. The van der Waals surface area contributed by atoms with E-state index < -0.39 is 11.6 Å². The number of amides is 2. The minimum absolute atomic E-state index is 0.0179. The Kier molecular flexibility index (Phi) is 6.40. The highest BCUT2D eigenvalue weighted by Crippen LogP contribution is 2.24. The summed E-state index contributed by atoms with van der Waals surface area (Å²) in [6, 6.07) is -0.417. The Labute approximate surface area is 127 Å². The van der Waals surface area contributed by atoms with Crippen LogP contribution in [-0.4, -0.2) is 48.1 Å². The van der Waals surface area contributed by atoms with Gasteiger partial charge >= 0.3 is 0 Å². The SMILES string of the molecule is C=CCCOCCN1C(=O)C(C)(CC)NC(=O)C1C(C)C. The Morgan fingerprint density at radius 1 is 1.43 bits per heavy atom. The van der Waals surface area contributed by atoms with E-state index in [2.05, 4.69) is 11.9 Å². The van der Waals surface area contributed by atoms with Gasteiger partial charge in [0.2, 0.25) is 11.8 Å². The number of ether oxygens (including phenoxy) is 1. The smallest absolute Gasteiger partial charge is 0.248 e. The molecule has 21 heavy (non-hydrogen) atoms. The molecule has 5 nitrogen and oxygen atoms in total. The number of hydrogen-bond donors (Lipinski definition) is 1. The maximum Gasteiger partial charge on any atom is 0.248 e. The van der Waals surface area contributed by atoms with Crippen LogP contribution in [0.4, 0.5) is 0 Å². The van der Waals surface area contributed by atoms with Gasteiger partial charge in [-0.05, 0) is 25.7 Å². The lowest BCUT2D eigenvalue weighted by molar-refractivity contribution is -0.157. The highest BCUT2D eigenvalue weighted by Gasteiger charge is 2.47. The fourth-order valence-corrected chi connectivity index (χ4v) is 2.56. The molecule has 0 spiro atoms. The molecular weight excluding hydrogens is 268 g/mol. The minimum Gasteiger partial charge on any atom is -0.379 e. The van der Waals surface area contributed by atoms with E-state index in [1.165, 1.54) is 0 Å². The third-order valence-electron chi connectivity index (χ3n) is 4.02. The summed E-state index contributed by atoms with van der Waals surface area (Å²) in [6.45, 7) is 12.7. The predicted octanol–water partition coefficient (Wildman–Crippen LogP) is 1.73. The standard InChI is InChI=1S/C16H28N2O3/c1-6-8-10-21-11-9-18-13(12(3)4)14(19)17-16(5,7-2)15(18)20/h6,12-13H,1,7-11H2,2-5H3,(H,17,19). The second-order valence-corrected chi connectivity index (χ2v) is 6.05. The van der Waals surface area contributed by atoms with Crippen LogP contribution in [0.1, 0.15) is 40.5 Å². The fourth-order valence-electron chi connectivity index (χ4n) is 2.56. The predicted molar refractivity (Wildman–Crippen MR) is 82.8 cm³/mol. The van der Waals surface area contributed by atoms with Crippen molar-refractivity contribution in [3.05, 3.63) is 12.7 Å². The number of rotatable bonds is 8. The maximum atomic E-state index is 12.7. The van der Waals surface area contributed by atoms with Crippen LogP contribution in [0, 0.1) is 5.92 Å². The summed E-state index contributed by atoms with van der Waals surface area (Å²) in [5, 5.41) is 2.88. The van der Waals surface area contributed by atoms with Gasteiger partial charge in [-0.2, -0.15) is 0 Å². The fraction of sp³-hybridized carbons (Fsp3) is 0.750. The monoisotopic (exact) mass is 296 g/mol. The quantitative estimate of drug-likeness (QED) is 0.548. The second kappa shape index (κ2) is 7.59. The molecule has 1 aliphatic rings. The van der Waals surface area contributed by atoms with Crippen molar-refractivity contribution in [2.45, 2.75) is 52.1 Å². The molecular formula is C16H28N2O3. The van der Waals surface area contributed by atoms with Crippen molar-refractivity contribution in [1.29, 1.82) is 0 Å². The molecule has 1 saturated heterocycles. The number of nitrogens with one attached hydrogen (secondary N) is 1. The summed E-state index contributed by atoms with van der Waals surface area (Å²) in [5.41, 5.74) is -0.802. The molecule has 0 bridgehead atoms. The first-order valence-corrected chi connectivity index (χ1v) is 7.69. The Morgan fingerprint density at radius 3 is 2.62 bits per heavy atom. The van der Waals surface area contributed by atoms with Gasteiger partial charge < -0.3 is 15.0 Å². The molecule has 1 rings (SSSR count). The largest absolute Gasteiger partial charge is 0.379 e. The van der Waals surface area contributed by atoms with Gasteiger partial charge in [0.05, 0.1) is 13.2 Å². The Bertz CT molecular complexity index is 395. The first-order chi connectivity index (χ1) is 9.87. The van der Waals surface area contributed by atoms with Crippen LogP contribution in [0.15, 0.2) is 12.7 Å². The average molecular weight is 296 g/mol. The van der Waals surface area contributed by atoms with E-state index in [0.717, 1.165) is 6.42 Å². The molecule has 0 aliphatic carbocycles. The number of hydrogen-bond acceptors (Lipinski definition) is 3. The average Bonchev–Trinajstić information content (AvgIpc) is 2.43. The molecule has 0 aromatic rings. The topological polar surface area (TPSA) is 58.6 Å². The van der Waals surface area contributed by atoms with Crippen molar-refractivity contribution in [1.82, 2.24) is 10.2 Å². The summed E-state index contributed by atoms with van der Waals surface area (Å²) in [5.74, 6) is -0.0146. The van der Waals surface area contributed by atoms with E-state index in [9.17, 15) is 9.59 Å². The van der Waals surface area contributed by atoms with Crippen molar-refractivity contribution in [3.8, 4) is 0 Å². The zero-order valence-corrected chi connectivity index (χ0v) is 13.6. The van der Waals surface area contributed by atoms with Crippen LogP contribution in [0.5, 0.6) is 0 Å². The van der Waals surface area contributed by atoms with E-state index in [1.807, 2.05) is 20.8 Å². The molecule has 5 heteroatoms. The lowest BCUT2D eigenvalue weighted by atomic mass is 9.88. The Balaban J connectivity index is 2.78. The molecule has 0 saturated carbocycles. The molecule has 0 aromatic heterocycles. The molecule has 1 aliphatic heterocycles. The van der Waals surface area contributed by atoms with Crippen molar-refractivity contribution < 1.29 is 14.3 Å². The summed E-state index contributed by atoms with van der Waals surface area (Å²) >= 11 is 0. The van der Waals surface area contributed by atoms with Crippen LogP contribution in [0.25, 0.3) is 0 Å². The molecule has 2 amide bonds. The second-order valence-electron chi connectivity index (χ2n) is 6.05. The number of carbonyl (C=O) groups excluding carboxylic acids is 2. The van der Waals surface area contributed by atoms with Gasteiger partial charge in [-0.3, -0.25) is 9.59 Å². The van der Waals surface area contributed by atoms with Gasteiger partial charge in [-0.1, -0.05) is 26.8 Å². The van der Waals surface area contributed by atoms with E-state index >= 15 is 0 Å². The van der Waals surface area contributed by atoms with Gasteiger partial charge in [0.25, 0.3) is 0 Å². The lowest BCUT2D eigenvalue weighted by Gasteiger charge is -2.45. The lowest BCUT2D eigenvalue weighted by Crippen LogP contribution is -2.70. The van der Waals surface area contributed by atoms with E-state index in [0.29, 0.717) is 26.2 Å².